The fourth-order valence-corrected chi connectivity index (χ4v) is 6.66. The predicted octanol–water partition coefficient (Wildman–Crippen LogP) is 2.27. The van der Waals surface area contributed by atoms with Gasteiger partial charge in [0.15, 0.2) is 0 Å². The van der Waals surface area contributed by atoms with Crippen LogP contribution in [0.15, 0.2) is 24.3 Å². The lowest BCUT2D eigenvalue weighted by atomic mass is 10.0. The van der Waals surface area contributed by atoms with Crippen LogP contribution in [-0.2, 0) is 10.2 Å². The maximum absolute atomic E-state index is 13.1. The Morgan fingerprint density at radius 1 is 1.08 bits per heavy atom. The van der Waals surface area contributed by atoms with Crippen LogP contribution >= 0.6 is 0 Å². The number of methoxy groups -OCH3 is 1. The van der Waals surface area contributed by atoms with Crippen LogP contribution in [-0.4, -0.2) is 55.9 Å². The molecule has 2 aliphatic heterocycles. The molecule has 138 valence electrons. The molecular formula is C18H26N2O4S. The first-order chi connectivity index (χ1) is 12.1. The highest BCUT2D eigenvalue weighted by Gasteiger charge is 2.53. The van der Waals surface area contributed by atoms with E-state index in [1.54, 1.807) is 15.7 Å². The lowest BCUT2D eigenvalue weighted by Crippen LogP contribution is -2.52. The van der Waals surface area contributed by atoms with Crippen molar-refractivity contribution in [1.82, 2.24) is 8.61 Å². The molecule has 0 aromatic heterocycles. The number of hydrogen-bond acceptors (Lipinski definition) is 4. The van der Waals surface area contributed by atoms with Crippen molar-refractivity contribution in [3.8, 4) is 11.5 Å². The van der Waals surface area contributed by atoms with Gasteiger partial charge in [-0.15, -0.1) is 0 Å². The van der Waals surface area contributed by atoms with Crippen molar-refractivity contribution < 1.29 is 17.9 Å². The summed E-state index contributed by atoms with van der Waals surface area (Å²) in [5.41, 5.74) is 0. The molecule has 1 aromatic rings. The number of rotatable bonds is 6. The van der Waals surface area contributed by atoms with Crippen molar-refractivity contribution in [1.29, 1.82) is 0 Å². The second kappa shape index (κ2) is 6.78. The van der Waals surface area contributed by atoms with Crippen LogP contribution in [0.4, 0.5) is 0 Å². The molecule has 0 amide bonds. The fraction of sp³-hybridized carbons (Fsp3) is 0.667. The third-order valence-electron chi connectivity index (χ3n) is 5.81. The maximum Gasteiger partial charge on any atom is 0.282 e. The Kier molecular flexibility index (Phi) is 4.64. The molecule has 1 saturated carbocycles. The van der Waals surface area contributed by atoms with Gasteiger partial charge in [0, 0.05) is 19.1 Å². The predicted molar refractivity (Wildman–Crippen MR) is 95.0 cm³/mol. The molecule has 6 nitrogen and oxygen atoms in total. The standard InChI is InChI=1S/C18H26N2O4S/c1-23-16-6-8-17(9-7-16)24-13-18-14-4-5-15(12-14)20(18)25(21,22)19-10-2-3-11-19/h6-9,14-15,18H,2-5,10-13H2,1H3/t14-,15-,18+/m0/s1. The smallest absolute Gasteiger partial charge is 0.282 e. The molecule has 0 unspecified atom stereocenters. The maximum atomic E-state index is 13.1. The van der Waals surface area contributed by atoms with Gasteiger partial charge in [0.05, 0.1) is 13.2 Å². The quantitative estimate of drug-likeness (QED) is 0.775. The summed E-state index contributed by atoms with van der Waals surface area (Å²) in [6.45, 7) is 1.73. The summed E-state index contributed by atoms with van der Waals surface area (Å²) in [5, 5.41) is 0. The molecule has 3 atom stereocenters. The van der Waals surface area contributed by atoms with E-state index in [2.05, 4.69) is 0 Å². The molecule has 3 aliphatic rings. The lowest BCUT2D eigenvalue weighted by molar-refractivity contribution is 0.156. The molecule has 25 heavy (non-hydrogen) atoms. The van der Waals surface area contributed by atoms with Gasteiger partial charge < -0.3 is 9.47 Å². The van der Waals surface area contributed by atoms with Gasteiger partial charge in [0.1, 0.15) is 18.1 Å². The zero-order chi connectivity index (χ0) is 17.4. The van der Waals surface area contributed by atoms with Crippen LogP contribution in [0, 0.1) is 5.92 Å². The number of nitrogens with zero attached hydrogens (tertiary/aromatic N) is 2. The molecular weight excluding hydrogens is 340 g/mol. The third kappa shape index (κ3) is 3.13. The molecule has 3 fully saturated rings. The molecule has 7 heteroatoms. The molecule has 0 radical (unpaired) electrons. The van der Waals surface area contributed by atoms with Gasteiger partial charge in [0.2, 0.25) is 0 Å². The average Bonchev–Trinajstić information content (AvgIpc) is 3.36. The Balaban J connectivity index is 1.48. The van der Waals surface area contributed by atoms with E-state index in [1.165, 1.54) is 0 Å². The van der Waals surface area contributed by atoms with Gasteiger partial charge in [-0.2, -0.15) is 17.0 Å². The normalized spacial score (nSPS) is 30.0. The van der Waals surface area contributed by atoms with Crippen LogP contribution in [0.5, 0.6) is 11.5 Å². The first-order valence-electron chi connectivity index (χ1n) is 9.15. The Hall–Kier alpha value is -1.31. The number of ether oxygens (including phenoxy) is 2. The van der Waals surface area contributed by atoms with Crippen LogP contribution in [0.2, 0.25) is 0 Å². The number of benzene rings is 1. The molecule has 2 heterocycles. The second-order valence-electron chi connectivity index (χ2n) is 7.22. The average molecular weight is 366 g/mol. The van der Waals surface area contributed by atoms with Gasteiger partial charge in [0.25, 0.3) is 10.2 Å². The van der Waals surface area contributed by atoms with Crippen molar-refractivity contribution in [2.24, 2.45) is 5.92 Å². The Morgan fingerprint density at radius 3 is 2.44 bits per heavy atom. The van der Waals surface area contributed by atoms with E-state index in [0.29, 0.717) is 25.6 Å². The van der Waals surface area contributed by atoms with Gasteiger partial charge in [-0.25, -0.2) is 0 Å². The summed E-state index contributed by atoms with van der Waals surface area (Å²) in [4.78, 5) is 0. The van der Waals surface area contributed by atoms with Gasteiger partial charge >= 0.3 is 0 Å². The number of piperidine rings is 1. The van der Waals surface area contributed by atoms with Crippen LogP contribution in [0.25, 0.3) is 0 Å². The first kappa shape index (κ1) is 17.1. The largest absolute Gasteiger partial charge is 0.497 e. The zero-order valence-corrected chi connectivity index (χ0v) is 15.5. The minimum absolute atomic E-state index is 0.0496. The first-order valence-corrected chi connectivity index (χ1v) is 10.5. The summed E-state index contributed by atoms with van der Waals surface area (Å²) < 4.78 is 40.8. The summed E-state index contributed by atoms with van der Waals surface area (Å²) in [6.07, 6.45) is 5.00. The van der Waals surface area contributed by atoms with Crippen molar-refractivity contribution in [3.05, 3.63) is 24.3 Å². The summed E-state index contributed by atoms with van der Waals surface area (Å²) in [5.74, 6) is 1.95. The van der Waals surface area contributed by atoms with E-state index < -0.39 is 10.2 Å². The highest BCUT2D eigenvalue weighted by atomic mass is 32.2. The van der Waals surface area contributed by atoms with E-state index >= 15 is 0 Å². The van der Waals surface area contributed by atoms with Crippen LogP contribution < -0.4 is 9.47 Å². The molecule has 1 aliphatic carbocycles. The summed E-state index contributed by atoms with van der Waals surface area (Å²) in [7, 11) is -1.74. The van der Waals surface area contributed by atoms with E-state index in [-0.39, 0.29) is 12.1 Å². The Morgan fingerprint density at radius 2 is 1.76 bits per heavy atom. The van der Waals surface area contributed by atoms with E-state index in [0.717, 1.165) is 43.6 Å². The number of hydrogen-bond donors (Lipinski definition) is 0. The fourth-order valence-electron chi connectivity index (χ4n) is 4.53. The van der Waals surface area contributed by atoms with E-state index in [4.69, 9.17) is 9.47 Å². The number of fused-ring (bicyclic) bond motifs is 2. The zero-order valence-electron chi connectivity index (χ0n) is 14.6. The Bertz CT molecular complexity index is 700. The SMILES string of the molecule is COc1ccc(OC[C@@H]2[C@H]3CC[C@@H](C3)N2S(=O)(=O)N2CCCC2)cc1. The monoisotopic (exact) mass is 366 g/mol. The minimum Gasteiger partial charge on any atom is -0.497 e. The van der Waals surface area contributed by atoms with Crippen molar-refractivity contribution in [2.75, 3.05) is 26.8 Å². The van der Waals surface area contributed by atoms with Gasteiger partial charge in [-0.05, 0) is 62.3 Å². The second-order valence-corrected chi connectivity index (χ2v) is 9.06. The molecule has 2 saturated heterocycles. The van der Waals surface area contributed by atoms with E-state index in [9.17, 15) is 8.42 Å². The summed E-state index contributed by atoms with van der Waals surface area (Å²) in [6, 6.07) is 7.55. The molecule has 0 spiro atoms. The van der Waals surface area contributed by atoms with Crippen LogP contribution in [0.3, 0.4) is 0 Å². The summed E-state index contributed by atoms with van der Waals surface area (Å²) >= 11 is 0. The minimum atomic E-state index is -3.37. The lowest BCUT2D eigenvalue weighted by Gasteiger charge is -2.36. The van der Waals surface area contributed by atoms with Crippen LogP contribution in [0.1, 0.15) is 32.1 Å². The Labute approximate surface area is 149 Å². The molecule has 0 N–H and O–H groups in total. The van der Waals surface area contributed by atoms with E-state index in [1.807, 2.05) is 24.3 Å². The topological polar surface area (TPSA) is 59.1 Å². The highest BCUT2D eigenvalue weighted by Crippen LogP contribution is 2.45. The van der Waals surface area contributed by atoms with Crippen molar-refractivity contribution in [2.45, 2.75) is 44.2 Å². The molecule has 2 bridgehead atoms. The third-order valence-corrected chi connectivity index (χ3v) is 7.93. The highest BCUT2D eigenvalue weighted by molar-refractivity contribution is 7.86. The molecule has 4 rings (SSSR count). The van der Waals surface area contributed by atoms with Crippen molar-refractivity contribution in [3.63, 3.8) is 0 Å². The van der Waals surface area contributed by atoms with Crippen molar-refractivity contribution >= 4 is 10.2 Å². The molecule has 1 aromatic carbocycles. The van der Waals surface area contributed by atoms with Gasteiger partial charge in [-0.3, -0.25) is 0 Å². The van der Waals surface area contributed by atoms with Gasteiger partial charge in [-0.1, -0.05) is 0 Å².